The predicted octanol–water partition coefficient (Wildman–Crippen LogP) is 6.17. The first-order valence-electron chi connectivity index (χ1n) is 9.82. The number of pyridine rings is 1. The number of halogens is 2. The number of imidazole rings is 1. The summed E-state index contributed by atoms with van der Waals surface area (Å²) < 4.78 is 15.8. The number of nitrogens with one attached hydrogen (secondary N) is 1. The third-order valence-corrected chi connectivity index (χ3v) is 6.44. The predicted molar refractivity (Wildman–Crippen MR) is 125 cm³/mol. The number of para-hydroxylation sites is 1. The second-order valence-electron chi connectivity index (χ2n) is 6.94. The van der Waals surface area contributed by atoms with E-state index in [4.69, 9.17) is 0 Å². The molecule has 2 aliphatic heterocycles. The first kappa shape index (κ1) is 21.5. The molecule has 0 radical (unpaired) electrons. The Labute approximate surface area is 192 Å². The molecular weight excluding hydrogens is 479 g/mol. The van der Waals surface area contributed by atoms with Crippen LogP contribution in [0.15, 0.2) is 76.5 Å². The van der Waals surface area contributed by atoms with Crippen molar-refractivity contribution in [1.82, 2.24) is 14.5 Å². The molecule has 5 nitrogen and oxygen atoms in total. The van der Waals surface area contributed by atoms with Crippen molar-refractivity contribution in [1.29, 1.82) is 0 Å². The lowest BCUT2D eigenvalue weighted by Gasteiger charge is -2.21. The number of nitrogens with zero attached hydrogens (tertiary/aromatic N) is 3. The molecule has 158 valence electrons. The van der Waals surface area contributed by atoms with Crippen molar-refractivity contribution >= 4 is 39.3 Å². The van der Waals surface area contributed by atoms with E-state index in [0.29, 0.717) is 23.2 Å². The highest BCUT2D eigenvalue weighted by Crippen LogP contribution is 2.30. The highest BCUT2D eigenvalue weighted by atomic mass is 79.9. The molecule has 0 aliphatic carbocycles. The number of rotatable bonds is 7. The van der Waals surface area contributed by atoms with Gasteiger partial charge < -0.3 is 9.88 Å². The quantitative estimate of drug-likeness (QED) is 0.309. The van der Waals surface area contributed by atoms with Gasteiger partial charge in [0.1, 0.15) is 17.6 Å². The van der Waals surface area contributed by atoms with Gasteiger partial charge in [-0.1, -0.05) is 43.0 Å². The molecule has 0 saturated carbocycles. The number of hydrogen-bond acceptors (Lipinski definition) is 4. The average molecular weight is 499 g/mol. The molecule has 8 heteroatoms. The van der Waals surface area contributed by atoms with E-state index < -0.39 is 6.04 Å². The number of carbonyl (C=O) groups excluding carboxylic acids is 1. The van der Waals surface area contributed by atoms with E-state index in [0.717, 1.165) is 21.4 Å². The number of benzene rings is 2. The van der Waals surface area contributed by atoms with Crippen LogP contribution in [-0.4, -0.2) is 20.4 Å². The first-order valence-corrected chi connectivity index (χ1v) is 11.6. The van der Waals surface area contributed by atoms with E-state index in [1.54, 1.807) is 12.1 Å². The summed E-state index contributed by atoms with van der Waals surface area (Å²) in [6, 6.07) is 17.3. The highest BCUT2D eigenvalue weighted by Gasteiger charge is 2.24. The van der Waals surface area contributed by atoms with Crippen LogP contribution in [0, 0.1) is 5.82 Å². The molecule has 1 N–H and O–H groups in total. The van der Waals surface area contributed by atoms with Crippen LogP contribution in [0.2, 0.25) is 0 Å². The fourth-order valence-electron chi connectivity index (χ4n) is 3.26. The van der Waals surface area contributed by atoms with Crippen LogP contribution >= 0.6 is 27.7 Å². The Morgan fingerprint density at radius 2 is 1.90 bits per heavy atom. The molecule has 2 aromatic rings. The summed E-state index contributed by atoms with van der Waals surface area (Å²) in [4.78, 5) is 22.3. The Balaban J connectivity index is 1.55. The van der Waals surface area contributed by atoms with E-state index in [1.165, 1.54) is 23.9 Å². The van der Waals surface area contributed by atoms with Crippen molar-refractivity contribution in [3.05, 3.63) is 82.7 Å². The lowest BCUT2D eigenvalue weighted by molar-refractivity contribution is -0.119. The third kappa shape index (κ3) is 4.97. The van der Waals surface area contributed by atoms with Crippen LogP contribution in [0.5, 0.6) is 0 Å². The Kier molecular flexibility index (Phi) is 6.67. The SMILES string of the molecule is CCC(C(=O)Nc1ccccc1Br)n1cccc2nc(SCc3ccc(F)cc3)nc1-2. The van der Waals surface area contributed by atoms with Crippen molar-refractivity contribution in [3.63, 3.8) is 0 Å². The molecule has 0 aromatic heterocycles. The molecule has 4 rings (SSSR count). The fourth-order valence-corrected chi connectivity index (χ4v) is 4.44. The van der Waals surface area contributed by atoms with Gasteiger partial charge >= 0.3 is 0 Å². The summed E-state index contributed by atoms with van der Waals surface area (Å²) in [5, 5.41) is 3.62. The molecule has 2 heterocycles. The number of anilines is 1. The van der Waals surface area contributed by atoms with Gasteiger partial charge in [0, 0.05) is 16.4 Å². The number of carbonyl (C=O) groups is 1. The molecule has 0 saturated heterocycles. The van der Waals surface area contributed by atoms with Crippen LogP contribution in [0.25, 0.3) is 11.5 Å². The molecule has 1 amide bonds. The van der Waals surface area contributed by atoms with Gasteiger partial charge in [0.25, 0.3) is 0 Å². The van der Waals surface area contributed by atoms with E-state index >= 15 is 0 Å². The second-order valence-corrected chi connectivity index (χ2v) is 8.74. The zero-order valence-corrected chi connectivity index (χ0v) is 19.2. The van der Waals surface area contributed by atoms with Crippen LogP contribution in [0.3, 0.4) is 0 Å². The van der Waals surface area contributed by atoms with Gasteiger partial charge in [0.05, 0.1) is 5.69 Å². The topological polar surface area (TPSA) is 59.8 Å². The molecule has 31 heavy (non-hydrogen) atoms. The Bertz CT molecular complexity index is 1160. The van der Waals surface area contributed by atoms with Gasteiger partial charge in [-0.25, -0.2) is 14.4 Å². The number of hydrogen-bond donors (Lipinski definition) is 1. The summed E-state index contributed by atoms with van der Waals surface area (Å²) in [6.07, 6.45) is 2.46. The summed E-state index contributed by atoms with van der Waals surface area (Å²) in [6.45, 7) is 1.97. The smallest absolute Gasteiger partial charge is 0.247 e. The maximum Gasteiger partial charge on any atom is 0.247 e. The Morgan fingerprint density at radius 1 is 1.13 bits per heavy atom. The Hall–Kier alpha value is -2.71. The lowest BCUT2D eigenvalue weighted by Crippen LogP contribution is -2.26. The highest BCUT2D eigenvalue weighted by molar-refractivity contribution is 9.10. The first-order chi connectivity index (χ1) is 15.0. The summed E-state index contributed by atoms with van der Waals surface area (Å²) in [7, 11) is 0. The maximum absolute atomic E-state index is 13.1. The molecule has 0 bridgehead atoms. The minimum absolute atomic E-state index is 0.115. The zero-order valence-electron chi connectivity index (χ0n) is 16.8. The summed E-state index contributed by atoms with van der Waals surface area (Å²) >= 11 is 4.95. The van der Waals surface area contributed by atoms with Crippen LogP contribution in [0.4, 0.5) is 10.1 Å². The second kappa shape index (κ2) is 9.62. The van der Waals surface area contributed by atoms with Gasteiger partial charge in [-0.2, -0.15) is 0 Å². The maximum atomic E-state index is 13.1. The normalized spacial score (nSPS) is 12.1. The molecule has 2 aliphatic rings. The number of fused-ring (bicyclic) bond motifs is 1. The minimum Gasteiger partial charge on any atom is -0.323 e. The molecule has 2 aromatic carbocycles. The van der Waals surface area contributed by atoms with Crippen molar-refractivity contribution in [2.75, 3.05) is 5.32 Å². The van der Waals surface area contributed by atoms with Crippen molar-refractivity contribution in [3.8, 4) is 11.5 Å². The molecule has 0 spiro atoms. The van der Waals surface area contributed by atoms with E-state index in [1.807, 2.05) is 54.1 Å². The summed E-state index contributed by atoms with van der Waals surface area (Å²) in [5.41, 5.74) is 2.45. The zero-order chi connectivity index (χ0) is 21.8. The van der Waals surface area contributed by atoms with Crippen molar-refractivity contribution < 1.29 is 9.18 Å². The molecule has 1 unspecified atom stereocenters. The van der Waals surface area contributed by atoms with Gasteiger partial charge in [-0.3, -0.25) is 4.79 Å². The average Bonchev–Trinajstić information content (AvgIpc) is 3.19. The molecular formula is C23H20BrFN4OS. The van der Waals surface area contributed by atoms with Crippen LogP contribution in [0.1, 0.15) is 24.9 Å². The minimum atomic E-state index is -0.428. The summed E-state index contributed by atoms with van der Waals surface area (Å²) in [5.74, 6) is 0.932. The largest absolute Gasteiger partial charge is 0.323 e. The number of thioether (sulfide) groups is 1. The standard InChI is InChI=1S/C23H20BrFN4OS/c1-2-20(22(30)26-18-7-4-3-6-17(18)24)29-13-5-8-19-21(29)28-23(27-19)31-14-15-9-11-16(25)12-10-15/h3-13,20H,2,14H2,1H3,(H,26,30). The van der Waals surface area contributed by atoms with Crippen molar-refractivity contribution in [2.45, 2.75) is 30.3 Å². The number of amides is 1. The van der Waals surface area contributed by atoms with E-state index in [9.17, 15) is 9.18 Å². The third-order valence-electron chi connectivity index (χ3n) is 4.83. The molecule has 1 atom stereocenters. The fraction of sp³-hybridized carbons (Fsp3) is 0.174. The Morgan fingerprint density at radius 3 is 2.65 bits per heavy atom. The van der Waals surface area contributed by atoms with Gasteiger partial charge in [0.2, 0.25) is 5.91 Å². The van der Waals surface area contributed by atoms with E-state index in [-0.39, 0.29) is 11.7 Å². The van der Waals surface area contributed by atoms with Crippen LogP contribution in [-0.2, 0) is 10.5 Å². The van der Waals surface area contributed by atoms with Crippen molar-refractivity contribution in [2.24, 2.45) is 0 Å². The van der Waals surface area contributed by atoms with Gasteiger partial charge in [0.15, 0.2) is 11.0 Å². The van der Waals surface area contributed by atoms with Crippen LogP contribution < -0.4 is 5.32 Å². The molecule has 0 fully saturated rings. The number of aromatic nitrogens is 3. The lowest BCUT2D eigenvalue weighted by atomic mass is 10.1. The van der Waals surface area contributed by atoms with E-state index in [2.05, 4.69) is 31.2 Å². The van der Waals surface area contributed by atoms with Gasteiger partial charge in [-0.05, 0) is 64.3 Å². The monoisotopic (exact) mass is 498 g/mol. The van der Waals surface area contributed by atoms with Gasteiger partial charge in [-0.15, -0.1) is 0 Å².